The van der Waals surface area contributed by atoms with Crippen LogP contribution in [0.25, 0.3) is 0 Å². The fourth-order valence-corrected chi connectivity index (χ4v) is 0.717. The number of hydrogen-bond donors (Lipinski definition) is 1. The normalized spacial score (nSPS) is 8.00. The van der Waals surface area contributed by atoms with Crippen LogP contribution < -0.4 is 0 Å². The molecule has 0 amide bonds. The monoisotopic (exact) mass is 196 g/mol. The Balaban J connectivity index is 0.000000810. The van der Waals surface area contributed by atoms with E-state index in [1.807, 2.05) is 18.2 Å². The van der Waals surface area contributed by atoms with Crippen LogP contribution in [-0.2, 0) is 16.5 Å². The number of rotatable bonds is 1. The standard InChI is InChI=1S/C7H6OS.Ni/c8-7(9)6-4-2-1-3-5-6;/h1-5H,(H,8,9);. The first kappa shape index (κ1) is 9.60. The van der Waals surface area contributed by atoms with E-state index in [0.717, 1.165) is 0 Å². The van der Waals surface area contributed by atoms with Crippen LogP contribution in [0.4, 0.5) is 0 Å². The van der Waals surface area contributed by atoms with Gasteiger partial charge in [0.25, 0.3) is 0 Å². The van der Waals surface area contributed by atoms with Gasteiger partial charge in [-0.3, -0.25) is 0 Å². The van der Waals surface area contributed by atoms with Crippen LogP contribution >= 0.6 is 12.2 Å². The van der Waals surface area contributed by atoms with E-state index >= 15 is 0 Å². The van der Waals surface area contributed by atoms with Crippen LogP contribution in [0.1, 0.15) is 5.56 Å². The van der Waals surface area contributed by atoms with Gasteiger partial charge in [0, 0.05) is 22.1 Å². The summed E-state index contributed by atoms with van der Waals surface area (Å²) in [5.74, 6) is 0. The molecule has 0 aliphatic carbocycles. The van der Waals surface area contributed by atoms with Gasteiger partial charge in [-0.2, -0.15) is 0 Å². The number of thiocarbonyl (C=S) groups is 1. The van der Waals surface area contributed by atoms with E-state index in [2.05, 4.69) is 12.2 Å². The van der Waals surface area contributed by atoms with E-state index in [-0.39, 0.29) is 21.5 Å². The van der Waals surface area contributed by atoms with Gasteiger partial charge in [-0.15, -0.1) is 0 Å². The van der Waals surface area contributed by atoms with Gasteiger partial charge in [-0.25, -0.2) is 0 Å². The SMILES string of the molecule is OC(=S)c1ccccc1.[Ni]. The van der Waals surface area contributed by atoms with Crippen molar-refractivity contribution in [3.05, 3.63) is 35.9 Å². The molecule has 1 rings (SSSR count). The number of benzene rings is 1. The van der Waals surface area contributed by atoms with E-state index in [1.165, 1.54) is 0 Å². The molecule has 0 spiro atoms. The maximum absolute atomic E-state index is 8.76. The molecule has 1 aromatic carbocycles. The van der Waals surface area contributed by atoms with Crippen LogP contribution in [0, 0.1) is 0 Å². The van der Waals surface area contributed by atoms with Crippen molar-refractivity contribution >= 4 is 17.3 Å². The Bertz CT molecular complexity index is 210. The molecule has 1 aromatic rings. The molecule has 1 nitrogen and oxygen atoms in total. The Morgan fingerprint density at radius 3 is 2.00 bits per heavy atom. The predicted octanol–water partition coefficient (Wildman–Crippen LogP) is 1.92. The minimum atomic E-state index is -0.0457. The van der Waals surface area contributed by atoms with Crippen molar-refractivity contribution in [3.8, 4) is 0 Å². The predicted molar refractivity (Wildman–Crippen MR) is 40.8 cm³/mol. The van der Waals surface area contributed by atoms with Crippen molar-refractivity contribution in [2.75, 3.05) is 0 Å². The summed E-state index contributed by atoms with van der Waals surface area (Å²) < 4.78 is 0. The van der Waals surface area contributed by atoms with Crippen LogP contribution in [0.15, 0.2) is 30.3 Å². The summed E-state index contributed by atoms with van der Waals surface area (Å²) in [5, 5.41) is 8.71. The zero-order chi connectivity index (χ0) is 6.69. The topological polar surface area (TPSA) is 20.2 Å². The van der Waals surface area contributed by atoms with Gasteiger partial charge < -0.3 is 5.11 Å². The summed E-state index contributed by atoms with van der Waals surface area (Å²) in [6, 6.07) is 9.07. The van der Waals surface area contributed by atoms with Gasteiger partial charge in [-0.1, -0.05) is 30.3 Å². The molecule has 56 valence electrons. The fraction of sp³-hybridized carbons (Fsp3) is 0. The van der Waals surface area contributed by atoms with E-state index in [9.17, 15) is 0 Å². The maximum atomic E-state index is 8.76. The van der Waals surface area contributed by atoms with E-state index in [4.69, 9.17) is 5.11 Å². The second kappa shape index (κ2) is 4.42. The quantitative estimate of drug-likeness (QED) is 0.548. The molecule has 1 N–H and O–H groups in total. The molecule has 0 unspecified atom stereocenters. The first-order chi connectivity index (χ1) is 4.30. The van der Waals surface area contributed by atoms with Crippen LogP contribution in [0.5, 0.6) is 0 Å². The third kappa shape index (κ3) is 2.46. The van der Waals surface area contributed by atoms with Crippen molar-refractivity contribution in [2.24, 2.45) is 0 Å². The minimum absolute atomic E-state index is 0. The molecule has 0 heterocycles. The summed E-state index contributed by atoms with van der Waals surface area (Å²) in [5.41, 5.74) is 0.701. The Morgan fingerprint density at radius 2 is 1.70 bits per heavy atom. The van der Waals surface area contributed by atoms with Gasteiger partial charge in [0.1, 0.15) is 0 Å². The van der Waals surface area contributed by atoms with Crippen molar-refractivity contribution in [1.82, 2.24) is 0 Å². The second-order valence-corrected chi connectivity index (χ2v) is 2.06. The Morgan fingerprint density at radius 1 is 1.20 bits per heavy atom. The van der Waals surface area contributed by atoms with Gasteiger partial charge in [0.15, 0.2) is 5.05 Å². The Labute approximate surface area is 75.0 Å². The van der Waals surface area contributed by atoms with Gasteiger partial charge >= 0.3 is 0 Å². The summed E-state index contributed by atoms with van der Waals surface area (Å²) in [6.45, 7) is 0. The molecule has 0 radical (unpaired) electrons. The van der Waals surface area contributed by atoms with Gasteiger partial charge in [0.05, 0.1) is 0 Å². The average Bonchev–Trinajstić information content (AvgIpc) is 1.90. The molecule has 0 aromatic heterocycles. The molecule has 10 heavy (non-hydrogen) atoms. The van der Waals surface area contributed by atoms with Gasteiger partial charge in [0.2, 0.25) is 0 Å². The maximum Gasteiger partial charge on any atom is 0.188 e. The molecule has 0 saturated heterocycles. The molecule has 0 aliphatic rings. The summed E-state index contributed by atoms with van der Waals surface area (Å²) in [6.07, 6.45) is 0. The first-order valence-corrected chi connectivity index (χ1v) is 3.00. The van der Waals surface area contributed by atoms with Crippen LogP contribution in [0.3, 0.4) is 0 Å². The van der Waals surface area contributed by atoms with Crippen molar-refractivity contribution in [3.63, 3.8) is 0 Å². The molecule has 0 saturated carbocycles. The zero-order valence-electron chi connectivity index (χ0n) is 5.06. The van der Waals surface area contributed by atoms with Crippen LogP contribution in [-0.4, -0.2) is 10.2 Å². The minimum Gasteiger partial charge on any atom is -0.499 e. The second-order valence-electron chi connectivity index (χ2n) is 1.67. The number of aliphatic hydroxyl groups excluding tert-OH is 1. The zero-order valence-corrected chi connectivity index (χ0v) is 6.86. The fourth-order valence-electron chi connectivity index (χ4n) is 0.581. The third-order valence-electron chi connectivity index (χ3n) is 1.02. The third-order valence-corrected chi connectivity index (χ3v) is 1.26. The molecule has 0 fully saturated rings. The van der Waals surface area contributed by atoms with Gasteiger partial charge in [-0.05, 0) is 12.2 Å². The number of hydrogen-bond acceptors (Lipinski definition) is 1. The first-order valence-electron chi connectivity index (χ1n) is 2.59. The molecule has 0 atom stereocenters. The van der Waals surface area contributed by atoms with E-state index in [1.54, 1.807) is 12.1 Å². The van der Waals surface area contributed by atoms with Crippen molar-refractivity contribution in [2.45, 2.75) is 0 Å². The average molecular weight is 197 g/mol. The summed E-state index contributed by atoms with van der Waals surface area (Å²) >= 11 is 4.52. The van der Waals surface area contributed by atoms with Crippen molar-refractivity contribution < 1.29 is 21.6 Å². The summed E-state index contributed by atoms with van der Waals surface area (Å²) in [4.78, 5) is 0. The molecule has 0 aliphatic heterocycles. The summed E-state index contributed by atoms with van der Waals surface area (Å²) in [7, 11) is 0. The largest absolute Gasteiger partial charge is 0.499 e. The Kier molecular flexibility index (Phi) is 4.25. The number of aliphatic hydroxyl groups is 1. The molecular formula is C7H6NiOS. The molecule has 3 heteroatoms. The van der Waals surface area contributed by atoms with E-state index in [0.29, 0.717) is 5.56 Å². The molecule has 0 bridgehead atoms. The smallest absolute Gasteiger partial charge is 0.188 e. The molecular weight excluding hydrogens is 191 g/mol. The van der Waals surface area contributed by atoms with Crippen LogP contribution in [0.2, 0.25) is 0 Å². The van der Waals surface area contributed by atoms with Crippen molar-refractivity contribution in [1.29, 1.82) is 0 Å². The van der Waals surface area contributed by atoms with E-state index < -0.39 is 0 Å². The Hall–Kier alpha value is -0.396.